The maximum absolute atomic E-state index is 12.5. The van der Waals surface area contributed by atoms with Gasteiger partial charge in [0.05, 0.1) is 18.8 Å². The van der Waals surface area contributed by atoms with Gasteiger partial charge in [-0.25, -0.2) is 4.79 Å². The minimum atomic E-state index is 0.0297. The number of piperidine rings is 1. The van der Waals surface area contributed by atoms with Crippen LogP contribution in [0.25, 0.3) is 0 Å². The van der Waals surface area contributed by atoms with Gasteiger partial charge in [-0.2, -0.15) is 0 Å². The van der Waals surface area contributed by atoms with Crippen LogP contribution in [0.4, 0.5) is 4.79 Å². The van der Waals surface area contributed by atoms with Crippen LogP contribution < -0.4 is 5.32 Å². The lowest BCUT2D eigenvalue weighted by Crippen LogP contribution is -2.46. The third-order valence-electron chi connectivity index (χ3n) is 5.26. The highest BCUT2D eigenvalue weighted by Crippen LogP contribution is 2.20. The molecule has 2 fully saturated rings. The lowest BCUT2D eigenvalue weighted by Gasteiger charge is -2.33. The molecule has 2 amide bonds. The second kappa shape index (κ2) is 8.19. The standard InChI is InChI=1S/C20H30N2O3/c1-14-10-15(2)19(16(3)11-14)12-21-20(23)22-7-4-17(5-8-22)25-18-6-9-24-13-18/h10-11,17-18H,4-9,12-13H2,1-3H3,(H,21,23)/t18-/m1/s1. The molecule has 0 saturated carbocycles. The molecule has 1 aromatic carbocycles. The van der Waals surface area contributed by atoms with Crippen molar-refractivity contribution >= 4 is 6.03 Å². The number of carbonyl (C=O) groups excluding carboxylic acids is 1. The third kappa shape index (κ3) is 4.73. The van der Waals surface area contributed by atoms with Crippen LogP contribution in [0.3, 0.4) is 0 Å². The van der Waals surface area contributed by atoms with Crippen molar-refractivity contribution in [2.75, 3.05) is 26.3 Å². The smallest absolute Gasteiger partial charge is 0.317 e. The summed E-state index contributed by atoms with van der Waals surface area (Å²) in [4.78, 5) is 14.4. The molecule has 2 aliphatic heterocycles. The summed E-state index contributed by atoms with van der Waals surface area (Å²) in [7, 11) is 0. The summed E-state index contributed by atoms with van der Waals surface area (Å²) < 4.78 is 11.4. The number of urea groups is 1. The second-order valence-electron chi connectivity index (χ2n) is 7.34. The predicted molar refractivity (Wildman–Crippen MR) is 97.8 cm³/mol. The number of carbonyl (C=O) groups is 1. The summed E-state index contributed by atoms with van der Waals surface area (Å²) >= 11 is 0. The van der Waals surface area contributed by atoms with E-state index in [9.17, 15) is 4.79 Å². The number of rotatable bonds is 4. The number of amides is 2. The normalized spacial score (nSPS) is 21.6. The van der Waals surface area contributed by atoms with Crippen LogP contribution in [-0.2, 0) is 16.0 Å². The summed E-state index contributed by atoms with van der Waals surface area (Å²) in [5.74, 6) is 0. The van der Waals surface area contributed by atoms with Crippen molar-refractivity contribution in [1.29, 1.82) is 0 Å². The van der Waals surface area contributed by atoms with Gasteiger partial charge in [0.15, 0.2) is 0 Å². The number of aryl methyl sites for hydroxylation is 3. The third-order valence-corrected chi connectivity index (χ3v) is 5.26. The molecular weight excluding hydrogens is 316 g/mol. The fraction of sp³-hybridized carbons (Fsp3) is 0.650. The molecule has 0 aliphatic carbocycles. The molecule has 138 valence electrons. The lowest BCUT2D eigenvalue weighted by atomic mass is 10.00. The van der Waals surface area contributed by atoms with Crippen LogP contribution in [0.1, 0.15) is 41.5 Å². The van der Waals surface area contributed by atoms with E-state index in [4.69, 9.17) is 9.47 Å². The van der Waals surface area contributed by atoms with E-state index in [0.29, 0.717) is 6.54 Å². The van der Waals surface area contributed by atoms with E-state index in [1.807, 2.05) is 4.90 Å². The van der Waals surface area contributed by atoms with Crippen LogP contribution in [0.5, 0.6) is 0 Å². The fourth-order valence-electron chi connectivity index (χ4n) is 3.85. The number of nitrogens with zero attached hydrogens (tertiary/aromatic N) is 1. The van der Waals surface area contributed by atoms with Crippen LogP contribution >= 0.6 is 0 Å². The van der Waals surface area contributed by atoms with Crippen molar-refractivity contribution in [2.45, 2.75) is 58.8 Å². The van der Waals surface area contributed by atoms with Gasteiger partial charge in [0.1, 0.15) is 0 Å². The number of hydrogen-bond donors (Lipinski definition) is 1. The van der Waals surface area contributed by atoms with Gasteiger partial charge in [-0.15, -0.1) is 0 Å². The maximum atomic E-state index is 12.5. The molecule has 25 heavy (non-hydrogen) atoms. The summed E-state index contributed by atoms with van der Waals surface area (Å²) in [6.45, 7) is 9.96. The average Bonchev–Trinajstić information content (AvgIpc) is 3.07. The molecule has 1 atom stereocenters. The van der Waals surface area contributed by atoms with Gasteiger partial charge in [-0.05, 0) is 56.7 Å². The number of nitrogens with one attached hydrogen (secondary N) is 1. The molecule has 1 aromatic rings. The Labute approximate surface area is 150 Å². The Hall–Kier alpha value is -1.59. The zero-order valence-corrected chi connectivity index (χ0v) is 15.6. The highest BCUT2D eigenvalue weighted by atomic mass is 16.5. The molecule has 3 rings (SSSR count). The van der Waals surface area contributed by atoms with Gasteiger partial charge in [-0.1, -0.05) is 17.7 Å². The Balaban J connectivity index is 1.45. The summed E-state index contributed by atoms with van der Waals surface area (Å²) in [6.07, 6.45) is 3.32. The number of ether oxygens (including phenoxy) is 2. The molecule has 0 spiro atoms. The largest absolute Gasteiger partial charge is 0.379 e. The molecule has 5 heteroatoms. The first kappa shape index (κ1) is 18.2. The van der Waals surface area contributed by atoms with E-state index < -0.39 is 0 Å². The van der Waals surface area contributed by atoms with Gasteiger partial charge in [0.2, 0.25) is 0 Å². The summed E-state index contributed by atoms with van der Waals surface area (Å²) in [5.41, 5.74) is 4.96. The van der Waals surface area contributed by atoms with Gasteiger partial charge in [0.25, 0.3) is 0 Å². The van der Waals surface area contributed by atoms with E-state index in [-0.39, 0.29) is 18.2 Å². The summed E-state index contributed by atoms with van der Waals surface area (Å²) in [5, 5.41) is 3.08. The van der Waals surface area contributed by atoms with Crippen LogP contribution in [0.2, 0.25) is 0 Å². The van der Waals surface area contributed by atoms with Crippen molar-refractivity contribution < 1.29 is 14.3 Å². The van der Waals surface area contributed by atoms with Gasteiger partial charge in [0, 0.05) is 26.2 Å². The van der Waals surface area contributed by atoms with E-state index in [0.717, 1.165) is 45.6 Å². The monoisotopic (exact) mass is 346 g/mol. The SMILES string of the molecule is Cc1cc(C)c(CNC(=O)N2CCC(O[C@@H]3CCOC3)CC2)c(C)c1. The van der Waals surface area contributed by atoms with E-state index in [2.05, 4.69) is 38.2 Å². The van der Waals surface area contributed by atoms with Crippen molar-refractivity contribution in [2.24, 2.45) is 0 Å². The minimum Gasteiger partial charge on any atom is -0.379 e. The van der Waals surface area contributed by atoms with E-state index >= 15 is 0 Å². The first-order valence-electron chi connectivity index (χ1n) is 9.35. The minimum absolute atomic E-state index is 0.0297. The Morgan fingerprint density at radius 2 is 1.84 bits per heavy atom. The van der Waals surface area contributed by atoms with Crippen LogP contribution in [-0.4, -0.2) is 49.4 Å². The topological polar surface area (TPSA) is 50.8 Å². The second-order valence-corrected chi connectivity index (χ2v) is 7.34. The zero-order valence-electron chi connectivity index (χ0n) is 15.6. The highest BCUT2D eigenvalue weighted by Gasteiger charge is 2.27. The Morgan fingerprint density at radius 3 is 2.44 bits per heavy atom. The van der Waals surface area contributed by atoms with E-state index in [1.165, 1.54) is 22.3 Å². The molecule has 2 saturated heterocycles. The quantitative estimate of drug-likeness (QED) is 0.911. The van der Waals surface area contributed by atoms with E-state index in [1.54, 1.807) is 0 Å². The predicted octanol–water partition coefficient (Wildman–Crippen LogP) is 3.09. The summed E-state index contributed by atoms with van der Waals surface area (Å²) in [6, 6.07) is 4.37. The molecule has 0 bridgehead atoms. The first-order chi connectivity index (χ1) is 12.0. The molecule has 5 nitrogen and oxygen atoms in total. The number of hydrogen-bond acceptors (Lipinski definition) is 3. The van der Waals surface area contributed by atoms with Gasteiger partial charge in [-0.3, -0.25) is 0 Å². The molecule has 1 N–H and O–H groups in total. The van der Waals surface area contributed by atoms with Crippen LogP contribution in [0, 0.1) is 20.8 Å². The zero-order chi connectivity index (χ0) is 17.8. The Kier molecular flexibility index (Phi) is 5.97. The van der Waals surface area contributed by atoms with Crippen molar-refractivity contribution in [3.8, 4) is 0 Å². The molecule has 0 unspecified atom stereocenters. The molecule has 0 aromatic heterocycles. The van der Waals surface area contributed by atoms with Crippen LogP contribution in [0.15, 0.2) is 12.1 Å². The maximum Gasteiger partial charge on any atom is 0.317 e. The average molecular weight is 346 g/mol. The van der Waals surface area contributed by atoms with Crippen molar-refractivity contribution in [1.82, 2.24) is 10.2 Å². The van der Waals surface area contributed by atoms with Crippen molar-refractivity contribution in [3.63, 3.8) is 0 Å². The highest BCUT2D eigenvalue weighted by molar-refractivity contribution is 5.74. The molecule has 2 heterocycles. The number of likely N-dealkylation sites (tertiary alicyclic amines) is 1. The fourth-order valence-corrected chi connectivity index (χ4v) is 3.85. The van der Waals surface area contributed by atoms with Gasteiger partial charge < -0.3 is 19.7 Å². The molecular formula is C20H30N2O3. The lowest BCUT2D eigenvalue weighted by molar-refractivity contribution is -0.0392. The molecule has 2 aliphatic rings. The number of benzene rings is 1. The van der Waals surface area contributed by atoms with Gasteiger partial charge >= 0.3 is 6.03 Å². The molecule has 0 radical (unpaired) electrons. The first-order valence-corrected chi connectivity index (χ1v) is 9.35. The van der Waals surface area contributed by atoms with Crippen molar-refractivity contribution in [3.05, 3.63) is 34.4 Å². The Morgan fingerprint density at radius 1 is 1.16 bits per heavy atom. The Bertz CT molecular complexity index is 580.